The Kier molecular flexibility index (Phi) is 6.43. The van der Waals surface area contributed by atoms with Crippen molar-refractivity contribution in [2.75, 3.05) is 6.54 Å². The van der Waals surface area contributed by atoms with Gasteiger partial charge in [-0.1, -0.05) is 12.8 Å². The quantitative estimate of drug-likeness (QED) is 0.415. The monoisotopic (exact) mass is 445 g/mol. The van der Waals surface area contributed by atoms with Gasteiger partial charge in [0.2, 0.25) is 0 Å². The van der Waals surface area contributed by atoms with E-state index in [9.17, 15) is 0 Å². The molecule has 1 saturated carbocycles. The minimum Gasteiger partial charge on any atom is -0.469 e. The van der Waals surface area contributed by atoms with Crippen molar-refractivity contribution in [1.29, 1.82) is 0 Å². The molecule has 3 unspecified atom stereocenters. The van der Waals surface area contributed by atoms with Crippen molar-refractivity contribution >= 4 is 29.9 Å². The first-order chi connectivity index (χ1) is 11.4. The molecule has 2 N–H and O–H groups in total. The zero-order chi connectivity index (χ0) is 15.5. The molecular formula is C18H28IN3O2. The summed E-state index contributed by atoms with van der Waals surface area (Å²) in [5.41, 5.74) is 0. The maximum atomic E-state index is 5.96. The maximum Gasteiger partial charge on any atom is 0.191 e. The highest BCUT2D eigenvalue weighted by atomic mass is 127. The summed E-state index contributed by atoms with van der Waals surface area (Å²) in [6.07, 6.45) is 12.1. The summed E-state index contributed by atoms with van der Waals surface area (Å²) in [4.78, 5) is 4.79. The van der Waals surface area contributed by atoms with Crippen LogP contribution in [0.5, 0.6) is 0 Å². The molecule has 3 heterocycles. The van der Waals surface area contributed by atoms with E-state index < -0.39 is 0 Å². The van der Waals surface area contributed by atoms with Gasteiger partial charge in [0.1, 0.15) is 5.76 Å². The Balaban J connectivity index is 0.00000169. The topological polar surface area (TPSA) is 58.8 Å². The highest BCUT2D eigenvalue weighted by Crippen LogP contribution is 2.34. The highest BCUT2D eigenvalue weighted by molar-refractivity contribution is 14.0. The lowest BCUT2D eigenvalue weighted by molar-refractivity contribution is 0.0992. The molecule has 0 aromatic carbocycles. The molecule has 3 aliphatic rings. The third kappa shape index (κ3) is 4.45. The van der Waals surface area contributed by atoms with E-state index in [1.165, 1.54) is 38.5 Å². The third-order valence-corrected chi connectivity index (χ3v) is 5.33. The summed E-state index contributed by atoms with van der Waals surface area (Å²) in [7, 11) is 0. The number of aliphatic imine (C=N–C) groups is 1. The number of guanidine groups is 1. The average molecular weight is 445 g/mol. The van der Waals surface area contributed by atoms with Gasteiger partial charge in [-0.25, -0.2) is 0 Å². The second kappa shape index (κ2) is 8.56. The van der Waals surface area contributed by atoms with E-state index in [0.29, 0.717) is 24.3 Å². The summed E-state index contributed by atoms with van der Waals surface area (Å²) < 4.78 is 11.4. The third-order valence-electron chi connectivity index (χ3n) is 5.33. The Morgan fingerprint density at radius 1 is 1.17 bits per heavy atom. The van der Waals surface area contributed by atoms with E-state index in [1.54, 1.807) is 6.26 Å². The predicted octanol–water partition coefficient (Wildman–Crippen LogP) is 3.24. The Labute approximate surface area is 161 Å². The van der Waals surface area contributed by atoms with Gasteiger partial charge in [-0.3, -0.25) is 4.99 Å². The minimum absolute atomic E-state index is 0. The van der Waals surface area contributed by atoms with Crippen LogP contribution in [-0.2, 0) is 11.2 Å². The van der Waals surface area contributed by atoms with Crippen molar-refractivity contribution in [3.8, 4) is 0 Å². The largest absolute Gasteiger partial charge is 0.469 e. The second-order valence-corrected chi connectivity index (χ2v) is 7.05. The summed E-state index contributed by atoms with van der Waals surface area (Å²) in [5.74, 6) is 1.96. The number of hydrogen-bond acceptors (Lipinski definition) is 3. The lowest BCUT2D eigenvalue weighted by Crippen LogP contribution is -2.50. The Morgan fingerprint density at radius 2 is 2.04 bits per heavy atom. The van der Waals surface area contributed by atoms with Crippen molar-refractivity contribution < 1.29 is 9.15 Å². The molecular weight excluding hydrogens is 417 g/mol. The van der Waals surface area contributed by atoms with Crippen LogP contribution >= 0.6 is 24.0 Å². The van der Waals surface area contributed by atoms with Gasteiger partial charge < -0.3 is 19.8 Å². The molecule has 0 spiro atoms. The average Bonchev–Trinajstić information content (AvgIpc) is 3.33. The van der Waals surface area contributed by atoms with E-state index in [-0.39, 0.29) is 24.0 Å². The summed E-state index contributed by atoms with van der Waals surface area (Å²) in [6, 6.07) is 4.94. The number of fused-ring (bicyclic) bond motifs is 2. The number of furan rings is 1. The molecule has 2 aliphatic heterocycles. The number of ether oxygens (including phenoxy) is 1. The molecule has 3 atom stereocenters. The maximum absolute atomic E-state index is 5.96. The lowest BCUT2D eigenvalue weighted by atomic mass is 9.96. The standard InChI is InChI=1S/C18H27N3O2.HI/c1-2-5-13(4-1)20-18(19-10-9-14-6-3-11-22-14)21-16-12-15-7-8-17(16)23-15;/h3,6,11,13,15-17H,1-2,4-5,7-10,12H2,(H2,19,20,21);1H. The van der Waals surface area contributed by atoms with Crippen LogP contribution in [0.4, 0.5) is 0 Å². The fraction of sp³-hybridized carbons (Fsp3) is 0.722. The molecule has 1 aromatic rings. The number of hydrogen-bond donors (Lipinski definition) is 2. The predicted molar refractivity (Wildman–Crippen MR) is 105 cm³/mol. The molecule has 2 saturated heterocycles. The second-order valence-electron chi connectivity index (χ2n) is 7.05. The van der Waals surface area contributed by atoms with Gasteiger partial charge in [-0.15, -0.1) is 24.0 Å². The van der Waals surface area contributed by atoms with Crippen LogP contribution in [0.25, 0.3) is 0 Å². The number of halogens is 1. The van der Waals surface area contributed by atoms with Crippen LogP contribution in [0.2, 0.25) is 0 Å². The molecule has 5 nitrogen and oxygen atoms in total. The van der Waals surface area contributed by atoms with Crippen molar-refractivity contribution in [3.05, 3.63) is 24.2 Å². The molecule has 1 aromatic heterocycles. The summed E-state index contributed by atoms with van der Waals surface area (Å²) in [6.45, 7) is 0.747. The van der Waals surface area contributed by atoms with Gasteiger partial charge in [0.15, 0.2) is 5.96 Å². The van der Waals surface area contributed by atoms with Crippen LogP contribution in [-0.4, -0.2) is 36.8 Å². The molecule has 4 rings (SSSR count). The Bertz CT molecular complexity index is 528. The first-order valence-corrected chi connectivity index (χ1v) is 9.12. The highest BCUT2D eigenvalue weighted by Gasteiger charge is 2.41. The van der Waals surface area contributed by atoms with Gasteiger partial charge >= 0.3 is 0 Å². The lowest BCUT2D eigenvalue weighted by Gasteiger charge is -2.24. The van der Waals surface area contributed by atoms with E-state index in [1.807, 2.05) is 12.1 Å². The van der Waals surface area contributed by atoms with E-state index in [4.69, 9.17) is 14.1 Å². The van der Waals surface area contributed by atoms with Crippen LogP contribution in [0.1, 0.15) is 50.7 Å². The van der Waals surface area contributed by atoms with Crippen molar-refractivity contribution in [1.82, 2.24) is 10.6 Å². The fourth-order valence-electron chi connectivity index (χ4n) is 4.09. The molecule has 2 bridgehead atoms. The SMILES string of the molecule is I.c1coc(CCN=C(NC2CCCC2)NC2CC3CCC2O3)c1. The minimum atomic E-state index is 0. The van der Waals surface area contributed by atoms with Crippen LogP contribution in [0.15, 0.2) is 27.8 Å². The number of rotatable bonds is 5. The molecule has 1 aliphatic carbocycles. The van der Waals surface area contributed by atoms with Crippen LogP contribution in [0.3, 0.4) is 0 Å². The first kappa shape index (κ1) is 18.0. The van der Waals surface area contributed by atoms with Crippen molar-refractivity contribution in [2.24, 2.45) is 4.99 Å². The van der Waals surface area contributed by atoms with Crippen LogP contribution < -0.4 is 10.6 Å². The van der Waals surface area contributed by atoms with Gasteiger partial charge in [-0.05, 0) is 44.2 Å². The first-order valence-electron chi connectivity index (χ1n) is 9.12. The Hall–Kier alpha value is -0.760. The number of nitrogens with zero attached hydrogens (tertiary/aromatic N) is 1. The molecule has 6 heteroatoms. The molecule has 134 valence electrons. The van der Waals surface area contributed by atoms with Gasteiger partial charge in [0.25, 0.3) is 0 Å². The summed E-state index contributed by atoms with van der Waals surface area (Å²) >= 11 is 0. The van der Waals surface area contributed by atoms with Gasteiger partial charge in [0, 0.05) is 19.0 Å². The molecule has 24 heavy (non-hydrogen) atoms. The number of nitrogens with one attached hydrogen (secondary N) is 2. The van der Waals surface area contributed by atoms with E-state index in [2.05, 4.69) is 10.6 Å². The van der Waals surface area contributed by atoms with Crippen LogP contribution in [0, 0.1) is 0 Å². The summed E-state index contributed by atoms with van der Waals surface area (Å²) in [5, 5.41) is 7.27. The van der Waals surface area contributed by atoms with Crippen molar-refractivity contribution in [2.45, 2.75) is 75.7 Å². The molecule has 0 amide bonds. The van der Waals surface area contributed by atoms with E-state index in [0.717, 1.165) is 31.1 Å². The fourth-order valence-corrected chi connectivity index (χ4v) is 4.09. The zero-order valence-electron chi connectivity index (χ0n) is 14.1. The smallest absolute Gasteiger partial charge is 0.191 e. The van der Waals surface area contributed by atoms with Gasteiger partial charge in [-0.2, -0.15) is 0 Å². The molecule has 3 fully saturated rings. The molecule has 0 radical (unpaired) electrons. The zero-order valence-corrected chi connectivity index (χ0v) is 16.4. The normalized spacial score (nSPS) is 29.7. The van der Waals surface area contributed by atoms with E-state index >= 15 is 0 Å². The van der Waals surface area contributed by atoms with Gasteiger partial charge in [0.05, 0.1) is 24.5 Å². The Morgan fingerprint density at radius 3 is 2.71 bits per heavy atom. The van der Waals surface area contributed by atoms with Crippen molar-refractivity contribution in [3.63, 3.8) is 0 Å².